The van der Waals surface area contributed by atoms with Gasteiger partial charge in [-0.2, -0.15) is 0 Å². The van der Waals surface area contributed by atoms with Crippen molar-refractivity contribution in [1.82, 2.24) is 0 Å². The molecule has 2 atom stereocenters. The first-order valence-corrected chi connectivity index (χ1v) is 4.75. The SMILES string of the molecule is C=C(C)C(C)C(C)CCCC. The molecule has 0 aromatic rings. The van der Waals surface area contributed by atoms with Crippen LogP contribution in [0, 0.1) is 11.8 Å². The van der Waals surface area contributed by atoms with Crippen molar-refractivity contribution in [3.05, 3.63) is 12.2 Å². The molecule has 0 rings (SSSR count). The molecule has 0 bridgehead atoms. The van der Waals surface area contributed by atoms with Crippen LogP contribution in [0.25, 0.3) is 0 Å². The van der Waals surface area contributed by atoms with Gasteiger partial charge in [0.05, 0.1) is 0 Å². The largest absolute Gasteiger partial charge is 0.0999 e. The first-order chi connectivity index (χ1) is 5.09. The zero-order chi connectivity index (χ0) is 8.85. The molecular weight excluding hydrogens is 132 g/mol. The maximum Gasteiger partial charge on any atom is -0.0211 e. The van der Waals surface area contributed by atoms with Gasteiger partial charge in [0.15, 0.2) is 0 Å². The maximum atomic E-state index is 3.98. The van der Waals surface area contributed by atoms with Crippen molar-refractivity contribution in [3.63, 3.8) is 0 Å². The van der Waals surface area contributed by atoms with Crippen molar-refractivity contribution in [2.75, 3.05) is 0 Å². The molecule has 11 heavy (non-hydrogen) atoms. The Morgan fingerprint density at radius 2 is 1.91 bits per heavy atom. The molecule has 0 aromatic heterocycles. The van der Waals surface area contributed by atoms with Crippen molar-refractivity contribution >= 4 is 0 Å². The predicted molar refractivity (Wildman–Crippen MR) is 52.7 cm³/mol. The fraction of sp³-hybridized carbons (Fsp3) is 0.818. The second-order valence-electron chi connectivity index (χ2n) is 3.75. The molecule has 66 valence electrons. The Hall–Kier alpha value is -0.260. The van der Waals surface area contributed by atoms with Crippen molar-refractivity contribution < 1.29 is 0 Å². The summed E-state index contributed by atoms with van der Waals surface area (Å²) in [7, 11) is 0. The molecule has 0 spiro atoms. The highest BCUT2D eigenvalue weighted by Crippen LogP contribution is 2.22. The molecule has 0 fully saturated rings. The molecule has 0 heteroatoms. The third-order valence-electron chi connectivity index (χ3n) is 2.64. The van der Waals surface area contributed by atoms with Gasteiger partial charge in [0.2, 0.25) is 0 Å². The van der Waals surface area contributed by atoms with Gasteiger partial charge in [0, 0.05) is 0 Å². The van der Waals surface area contributed by atoms with Crippen molar-refractivity contribution in [2.45, 2.75) is 47.0 Å². The summed E-state index contributed by atoms with van der Waals surface area (Å²) in [6.07, 6.45) is 4.02. The van der Waals surface area contributed by atoms with Crippen LogP contribution in [0.15, 0.2) is 12.2 Å². The Kier molecular flexibility index (Phi) is 5.27. The lowest BCUT2D eigenvalue weighted by Gasteiger charge is -2.19. The first-order valence-electron chi connectivity index (χ1n) is 4.75. The van der Waals surface area contributed by atoms with E-state index in [0.29, 0.717) is 5.92 Å². The minimum Gasteiger partial charge on any atom is -0.0999 e. The Balaban J connectivity index is 3.63. The van der Waals surface area contributed by atoms with Crippen molar-refractivity contribution in [1.29, 1.82) is 0 Å². The van der Waals surface area contributed by atoms with Crippen LogP contribution in [0.5, 0.6) is 0 Å². The maximum absolute atomic E-state index is 3.98. The minimum absolute atomic E-state index is 0.696. The molecular formula is C11H22. The fourth-order valence-corrected chi connectivity index (χ4v) is 1.26. The van der Waals surface area contributed by atoms with Gasteiger partial charge < -0.3 is 0 Å². The van der Waals surface area contributed by atoms with E-state index in [2.05, 4.69) is 34.3 Å². The molecule has 0 aliphatic rings. The average molecular weight is 154 g/mol. The van der Waals surface area contributed by atoms with E-state index in [4.69, 9.17) is 0 Å². The van der Waals surface area contributed by atoms with Crippen LogP contribution in [0.1, 0.15) is 47.0 Å². The molecule has 0 saturated heterocycles. The van der Waals surface area contributed by atoms with E-state index < -0.39 is 0 Å². The number of hydrogen-bond donors (Lipinski definition) is 0. The summed E-state index contributed by atoms with van der Waals surface area (Å²) in [5.74, 6) is 1.51. The van der Waals surface area contributed by atoms with Gasteiger partial charge in [-0.15, -0.1) is 0 Å². The lowest BCUT2D eigenvalue weighted by atomic mass is 9.87. The highest BCUT2D eigenvalue weighted by molar-refractivity contribution is 4.95. The highest BCUT2D eigenvalue weighted by Gasteiger charge is 2.11. The van der Waals surface area contributed by atoms with E-state index in [1.165, 1.54) is 24.8 Å². The summed E-state index contributed by atoms with van der Waals surface area (Å²) < 4.78 is 0. The molecule has 0 radical (unpaired) electrons. The monoisotopic (exact) mass is 154 g/mol. The van der Waals surface area contributed by atoms with E-state index in [-0.39, 0.29) is 0 Å². The number of unbranched alkanes of at least 4 members (excludes halogenated alkanes) is 1. The Morgan fingerprint density at radius 1 is 1.36 bits per heavy atom. The summed E-state index contributed by atoms with van der Waals surface area (Å²) in [6, 6.07) is 0. The third-order valence-corrected chi connectivity index (χ3v) is 2.64. The molecule has 0 heterocycles. The van der Waals surface area contributed by atoms with Gasteiger partial charge in [0.25, 0.3) is 0 Å². The highest BCUT2D eigenvalue weighted by atomic mass is 14.2. The summed E-state index contributed by atoms with van der Waals surface area (Å²) >= 11 is 0. The zero-order valence-electron chi connectivity index (χ0n) is 8.48. The first kappa shape index (κ1) is 10.7. The van der Waals surface area contributed by atoms with Gasteiger partial charge >= 0.3 is 0 Å². The van der Waals surface area contributed by atoms with Gasteiger partial charge in [0.1, 0.15) is 0 Å². The summed E-state index contributed by atoms with van der Waals surface area (Å²) in [6.45, 7) is 13.0. The normalized spacial score (nSPS) is 16.0. The summed E-state index contributed by atoms with van der Waals surface area (Å²) in [4.78, 5) is 0. The third kappa shape index (κ3) is 4.23. The van der Waals surface area contributed by atoms with E-state index in [1.54, 1.807) is 0 Å². The Morgan fingerprint density at radius 3 is 2.27 bits per heavy atom. The van der Waals surface area contributed by atoms with Crippen LogP contribution >= 0.6 is 0 Å². The Labute approximate surface area is 71.7 Å². The molecule has 0 aliphatic heterocycles. The lowest BCUT2D eigenvalue weighted by Crippen LogP contribution is -2.08. The molecule has 0 aliphatic carbocycles. The van der Waals surface area contributed by atoms with Gasteiger partial charge in [-0.1, -0.05) is 52.2 Å². The molecule has 0 saturated carbocycles. The average Bonchev–Trinajstić information content (AvgIpc) is 1.98. The molecule has 0 aromatic carbocycles. The van der Waals surface area contributed by atoms with Crippen molar-refractivity contribution in [2.24, 2.45) is 11.8 Å². The van der Waals surface area contributed by atoms with E-state index in [0.717, 1.165) is 5.92 Å². The fourth-order valence-electron chi connectivity index (χ4n) is 1.26. The van der Waals surface area contributed by atoms with E-state index in [1.807, 2.05) is 0 Å². The van der Waals surface area contributed by atoms with Crippen LogP contribution in [-0.2, 0) is 0 Å². The summed E-state index contributed by atoms with van der Waals surface area (Å²) in [5, 5.41) is 0. The van der Waals surface area contributed by atoms with Crippen LogP contribution in [-0.4, -0.2) is 0 Å². The minimum atomic E-state index is 0.696. The second-order valence-corrected chi connectivity index (χ2v) is 3.75. The summed E-state index contributed by atoms with van der Waals surface area (Å²) in [5.41, 5.74) is 1.33. The zero-order valence-corrected chi connectivity index (χ0v) is 8.48. The standard InChI is InChI=1S/C11H22/c1-6-7-8-10(4)11(5)9(2)3/h10-11H,2,6-8H2,1,3-5H3. The van der Waals surface area contributed by atoms with Crippen LogP contribution in [0.3, 0.4) is 0 Å². The molecule has 2 unspecified atom stereocenters. The van der Waals surface area contributed by atoms with Crippen LogP contribution < -0.4 is 0 Å². The Bertz CT molecular complexity index is 113. The number of allylic oxidation sites excluding steroid dienone is 1. The van der Waals surface area contributed by atoms with Gasteiger partial charge in [-0.05, 0) is 18.8 Å². The number of rotatable bonds is 5. The number of hydrogen-bond acceptors (Lipinski definition) is 0. The van der Waals surface area contributed by atoms with Crippen LogP contribution in [0.4, 0.5) is 0 Å². The van der Waals surface area contributed by atoms with E-state index >= 15 is 0 Å². The lowest BCUT2D eigenvalue weighted by molar-refractivity contribution is 0.399. The van der Waals surface area contributed by atoms with E-state index in [9.17, 15) is 0 Å². The van der Waals surface area contributed by atoms with Gasteiger partial charge in [-0.3, -0.25) is 0 Å². The quantitative estimate of drug-likeness (QED) is 0.524. The van der Waals surface area contributed by atoms with Gasteiger partial charge in [-0.25, -0.2) is 0 Å². The molecule has 0 nitrogen and oxygen atoms in total. The molecule has 0 amide bonds. The predicted octanol–water partition coefficient (Wildman–Crippen LogP) is 4.02. The van der Waals surface area contributed by atoms with Crippen molar-refractivity contribution in [3.8, 4) is 0 Å². The molecule has 0 N–H and O–H groups in total. The topological polar surface area (TPSA) is 0 Å². The smallest absolute Gasteiger partial charge is 0.0211 e. The van der Waals surface area contributed by atoms with Crippen LogP contribution in [0.2, 0.25) is 0 Å². The second kappa shape index (κ2) is 5.40.